The lowest BCUT2D eigenvalue weighted by Gasteiger charge is -2.11. The zero-order chi connectivity index (χ0) is 12.8. The van der Waals surface area contributed by atoms with Gasteiger partial charge in [0.1, 0.15) is 12.2 Å². The molecule has 6 heteroatoms. The fourth-order valence-electron chi connectivity index (χ4n) is 1.36. The van der Waals surface area contributed by atoms with Gasteiger partial charge in [-0.25, -0.2) is 9.67 Å². The van der Waals surface area contributed by atoms with Crippen molar-refractivity contribution >= 4 is 5.91 Å². The van der Waals surface area contributed by atoms with Gasteiger partial charge in [-0.05, 0) is 5.92 Å². The molecule has 0 aliphatic heterocycles. The Morgan fingerprint density at radius 2 is 2.24 bits per heavy atom. The number of nitrogens with one attached hydrogen (secondary N) is 1. The molecule has 0 fully saturated rings. The van der Waals surface area contributed by atoms with Gasteiger partial charge in [0.05, 0.1) is 13.1 Å². The molecule has 17 heavy (non-hydrogen) atoms. The lowest BCUT2D eigenvalue weighted by molar-refractivity contribution is -0.127. The predicted molar refractivity (Wildman–Crippen MR) is 65.3 cm³/mol. The van der Waals surface area contributed by atoms with Crippen LogP contribution in [0.4, 0.5) is 0 Å². The average molecular weight is 239 g/mol. The Labute approximate surface area is 102 Å². The normalized spacial score (nSPS) is 10.9. The van der Waals surface area contributed by atoms with Gasteiger partial charge in [0.25, 0.3) is 0 Å². The van der Waals surface area contributed by atoms with Gasteiger partial charge in [0.15, 0.2) is 0 Å². The Morgan fingerprint density at radius 1 is 1.53 bits per heavy atom. The standard InChI is InChI=1S/C11H21N5O/c1-9(2)7-16-10(13-8-14-16)5-12-6-11(17)15(3)4/h8-9,12H,5-7H2,1-4H3. The number of nitrogens with zero attached hydrogens (tertiary/aromatic N) is 4. The lowest BCUT2D eigenvalue weighted by atomic mass is 10.2. The summed E-state index contributed by atoms with van der Waals surface area (Å²) < 4.78 is 1.87. The minimum absolute atomic E-state index is 0.0555. The van der Waals surface area contributed by atoms with E-state index in [0.717, 1.165) is 12.4 Å². The maximum absolute atomic E-state index is 11.4. The van der Waals surface area contributed by atoms with Gasteiger partial charge >= 0.3 is 0 Å². The summed E-state index contributed by atoms with van der Waals surface area (Å²) in [7, 11) is 3.48. The molecule has 0 unspecified atom stereocenters. The summed E-state index contributed by atoms with van der Waals surface area (Å²) in [6.45, 7) is 6.00. The maximum Gasteiger partial charge on any atom is 0.236 e. The van der Waals surface area contributed by atoms with Crippen LogP contribution in [0.2, 0.25) is 0 Å². The number of aromatic nitrogens is 3. The summed E-state index contributed by atoms with van der Waals surface area (Å²) in [5.74, 6) is 1.45. The van der Waals surface area contributed by atoms with E-state index in [1.54, 1.807) is 25.3 Å². The summed E-state index contributed by atoms with van der Waals surface area (Å²) in [5, 5.41) is 7.23. The van der Waals surface area contributed by atoms with Gasteiger partial charge in [-0.15, -0.1) is 0 Å². The molecular formula is C11H21N5O. The van der Waals surface area contributed by atoms with Crippen molar-refractivity contribution in [3.8, 4) is 0 Å². The summed E-state index contributed by atoms with van der Waals surface area (Å²) in [5.41, 5.74) is 0. The molecule has 1 aromatic rings. The molecule has 1 aromatic heterocycles. The third-order valence-corrected chi connectivity index (χ3v) is 2.29. The molecule has 1 N–H and O–H groups in total. The SMILES string of the molecule is CC(C)Cn1ncnc1CNCC(=O)N(C)C. The Hall–Kier alpha value is -1.43. The molecule has 0 spiro atoms. The van der Waals surface area contributed by atoms with Gasteiger partial charge in [-0.2, -0.15) is 5.10 Å². The fourth-order valence-corrected chi connectivity index (χ4v) is 1.36. The minimum atomic E-state index is 0.0555. The smallest absolute Gasteiger partial charge is 0.236 e. The van der Waals surface area contributed by atoms with Crippen LogP contribution < -0.4 is 5.32 Å². The molecule has 0 aromatic carbocycles. The first-order valence-corrected chi connectivity index (χ1v) is 5.78. The van der Waals surface area contributed by atoms with Gasteiger partial charge in [-0.3, -0.25) is 4.79 Å². The summed E-state index contributed by atoms with van der Waals surface area (Å²) in [6.07, 6.45) is 1.55. The summed E-state index contributed by atoms with van der Waals surface area (Å²) in [6, 6.07) is 0. The molecule has 0 saturated heterocycles. The van der Waals surface area contributed by atoms with Gasteiger partial charge < -0.3 is 10.2 Å². The van der Waals surface area contributed by atoms with E-state index in [9.17, 15) is 4.79 Å². The fraction of sp³-hybridized carbons (Fsp3) is 0.727. The van der Waals surface area contributed by atoms with Gasteiger partial charge in [0.2, 0.25) is 5.91 Å². The van der Waals surface area contributed by atoms with Crippen molar-refractivity contribution < 1.29 is 4.79 Å². The van der Waals surface area contributed by atoms with E-state index < -0.39 is 0 Å². The van der Waals surface area contributed by atoms with Crippen molar-refractivity contribution in [3.63, 3.8) is 0 Å². The first-order valence-electron chi connectivity index (χ1n) is 5.78. The van der Waals surface area contributed by atoms with Crippen LogP contribution in [0.1, 0.15) is 19.7 Å². The molecular weight excluding hydrogens is 218 g/mol. The largest absolute Gasteiger partial charge is 0.348 e. The van der Waals surface area contributed by atoms with Crippen LogP contribution in [-0.4, -0.2) is 46.2 Å². The van der Waals surface area contributed by atoms with Gasteiger partial charge in [-0.1, -0.05) is 13.8 Å². The van der Waals surface area contributed by atoms with Crippen molar-refractivity contribution in [3.05, 3.63) is 12.2 Å². The molecule has 96 valence electrons. The highest BCUT2D eigenvalue weighted by Crippen LogP contribution is 2.00. The molecule has 1 amide bonds. The van der Waals surface area contributed by atoms with Crippen LogP contribution in [0.25, 0.3) is 0 Å². The topological polar surface area (TPSA) is 63.1 Å². The predicted octanol–water partition coefficient (Wildman–Crippen LogP) is 0.112. The Kier molecular flexibility index (Phi) is 5.09. The van der Waals surface area contributed by atoms with Crippen LogP contribution in [-0.2, 0) is 17.9 Å². The molecule has 0 aliphatic carbocycles. The maximum atomic E-state index is 11.4. The molecule has 0 bridgehead atoms. The first-order chi connectivity index (χ1) is 8.00. The van der Waals surface area contributed by atoms with Crippen LogP contribution >= 0.6 is 0 Å². The van der Waals surface area contributed by atoms with E-state index in [1.807, 2.05) is 4.68 Å². The Morgan fingerprint density at radius 3 is 2.82 bits per heavy atom. The van der Waals surface area contributed by atoms with Crippen LogP contribution in [0, 0.1) is 5.92 Å². The molecule has 0 radical (unpaired) electrons. The van der Waals surface area contributed by atoms with E-state index in [4.69, 9.17) is 0 Å². The molecule has 0 atom stereocenters. The molecule has 1 rings (SSSR count). The molecule has 0 aliphatic rings. The second-order valence-electron chi connectivity index (χ2n) is 4.64. The van der Waals surface area contributed by atoms with E-state index >= 15 is 0 Å². The van der Waals surface area contributed by atoms with Crippen molar-refractivity contribution in [2.75, 3.05) is 20.6 Å². The molecule has 0 saturated carbocycles. The van der Waals surface area contributed by atoms with Gasteiger partial charge in [0, 0.05) is 20.6 Å². The van der Waals surface area contributed by atoms with E-state index in [0.29, 0.717) is 19.0 Å². The first kappa shape index (κ1) is 13.6. The van der Waals surface area contributed by atoms with Crippen LogP contribution in [0.15, 0.2) is 6.33 Å². The third kappa shape index (κ3) is 4.52. The monoisotopic (exact) mass is 239 g/mol. The van der Waals surface area contributed by atoms with Crippen molar-refractivity contribution in [1.82, 2.24) is 25.0 Å². The summed E-state index contributed by atoms with van der Waals surface area (Å²) >= 11 is 0. The number of likely N-dealkylation sites (N-methyl/N-ethyl adjacent to an activating group) is 1. The number of hydrogen-bond acceptors (Lipinski definition) is 4. The Balaban J connectivity index is 2.41. The van der Waals surface area contributed by atoms with Crippen molar-refractivity contribution in [2.24, 2.45) is 5.92 Å². The second kappa shape index (κ2) is 6.34. The lowest BCUT2D eigenvalue weighted by Crippen LogP contribution is -2.33. The van der Waals surface area contributed by atoms with Crippen LogP contribution in [0.3, 0.4) is 0 Å². The summed E-state index contributed by atoms with van der Waals surface area (Å²) in [4.78, 5) is 17.1. The van der Waals surface area contributed by atoms with Crippen molar-refractivity contribution in [2.45, 2.75) is 26.9 Å². The average Bonchev–Trinajstić information content (AvgIpc) is 2.64. The Bertz CT molecular complexity index is 358. The molecule has 1 heterocycles. The highest BCUT2D eigenvalue weighted by molar-refractivity contribution is 5.77. The quantitative estimate of drug-likeness (QED) is 0.765. The number of amides is 1. The number of rotatable bonds is 6. The van der Waals surface area contributed by atoms with E-state index in [2.05, 4.69) is 29.2 Å². The zero-order valence-corrected chi connectivity index (χ0v) is 11.0. The van der Waals surface area contributed by atoms with Crippen LogP contribution in [0.5, 0.6) is 0 Å². The number of hydrogen-bond donors (Lipinski definition) is 1. The number of carbonyl (C=O) groups excluding carboxylic acids is 1. The molecule has 6 nitrogen and oxygen atoms in total. The van der Waals surface area contributed by atoms with E-state index in [-0.39, 0.29) is 5.91 Å². The second-order valence-corrected chi connectivity index (χ2v) is 4.64. The van der Waals surface area contributed by atoms with E-state index in [1.165, 1.54) is 0 Å². The van der Waals surface area contributed by atoms with Crippen molar-refractivity contribution in [1.29, 1.82) is 0 Å². The highest BCUT2D eigenvalue weighted by atomic mass is 16.2. The number of carbonyl (C=O) groups is 1. The zero-order valence-electron chi connectivity index (χ0n) is 11.0. The minimum Gasteiger partial charge on any atom is -0.348 e. The third-order valence-electron chi connectivity index (χ3n) is 2.29. The highest BCUT2D eigenvalue weighted by Gasteiger charge is 2.07.